The number of halogens is 3. The summed E-state index contributed by atoms with van der Waals surface area (Å²) in [7, 11) is 1.48. The molecule has 3 N–H and O–H groups in total. The van der Waals surface area contributed by atoms with Gasteiger partial charge in [-0.2, -0.15) is 13.2 Å². The topological polar surface area (TPSA) is 129 Å². The van der Waals surface area contributed by atoms with Crippen molar-refractivity contribution in [1.82, 2.24) is 30.5 Å². The van der Waals surface area contributed by atoms with E-state index in [0.717, 1.165) is 0 Å². The number of hydrogen-bond acceptors (Lipinski definition) is 6. The van der Waals surface area contributed by atoms with E-state index < -0.39 is 48.1 Å². The summed E-state index contributed by atoms with van der Waals surface area (Å²) < 4.78 is 38.3. The summed E-state index contributed by atoms with van der Waals surface area (Å²) in [5.41, 5.74) is -0.634. The van der Waals surface area contributed by atoms with Gasteiger partial charge in [0.25, 0.3) is 0 Å². The van der Waals surface area contributed by atoms with Crippen LogP contribution in [0, 0.1) is 5.41 Å². The first-order valence-electron chi connectivity index (χ1n) is 9.69. The van der Waals surface area contributed by atoms with Crippen LogP contribution in [-0.2, 0) is 20.9 Å². The van der Waals surface area contributed by atoms with E-state index in [-0.39, 0.29) is 31.0 Å². The lowest BCUT2D eigenvalue weighted by Crippen LogP contribution is -2.46. The molecule has 2 heterocycles. The molecule has 1 saturated heterocycles. The molecule has 0 saturated carbocycles. The molecular weight excluding hydrogens is 421 g/mol. The lowest BCUT2D eigenvalue weighted by molar-refractivity contribution is -0.173. The van der Waals surface area contributed by atoms with Crippen molar-refractivity contribution in [3.8, 4) is 0 Å². The van der Waals surface area contributed by atoms with E-state index in [0.29, 0.717) is 0 Å². The normalized spacial score (nSPS) is 20.5. The van der Waals surface area contributed by atoms with Gasteiger partial charge in [0, 0.05) is 26.1 Å². The second-order valence-electron chi connectivity index (χ2n) is 8.55. The number of carbonyl (C=O) groups is 3. The van der Waals surface area contributed by atoms with Gasteiger partial charge >= 0.3 is 12.1 Å². The fourth-order valence-corrected chi connectivity index (χ4v) is 3.50. The Labute approximate surface area is 177 Å². The molecule has 0 aromatic carbocycles. The smallest absolute Gasteiger partial charge is 0.391 e. The molecule has 0 radical (unpaired) electrons. The molecule has 10 nitrogen and oxygen atoms in total. The molecule has 1 fully saturated rings. The molecule has 1 aliphatic heterocycles. The van der Waals surface area contributed by atoms with Crippen LogP contribution in [0.4, 0.5) is 13.2 Å². The van der Waals surface area contributed by atoms with E-state index in [9.17, 15) is 32.7 Å². The summed E-state index contributed by atoms with van der Waals surface area (Å²) in [6, 6.07) is -1.40. The van der Waals surface area contributed by atoms with Crippen molar-refractivity contribution in [2.45, 2.75) is 64.5 Å². The third-order valence-corrected chi connectivity index (χ3v) is 4.94. The Morgan fingerprint density at radius 3 is 2.48 bits per heavy atom. The largest absolute Gasteiger partial charge is 0.471 e. The second kappa shape index (κ2) is 9.20. The van der Waals surface area contributed by atoms with Crippen LogP contribution in [-0.4, -0.2) is 74.6 Å². The summed E-state index contributed by atoms with van der Waals surface area (Å²) >= 11 is 0. The van der Waals surface area contributed by atoms with E-state index in [4.69, 9.17) is 0 Å². The Kier molecular flexibility index (Phi) is 7.29. The van der Waals surface area contributed by atoms with Gasteiger partial charge in [0.1, 0.15) is 11.7 Å². The maximum atomic E-state index is 13.4. The maximum absolute atomic E-state index is 13.4. The molecule has 3 amide bonds. The fraction of sp³-hybridized carbons (Fsp3) is 0.722. The first-order valence-corrected chi connectivity index (χ1v) is 9.69. The molecule has 1 aromatic heterocycles. The van der Waals surface area contributed by atoms with Gasteiger partial charge in [0.15, 0.2) is 0 Å². The Balaban J connectivity index is 2.22. The Morgan fingerprint density at radius 2 is 1.94 bits per heavy atom. The summed E-state index contributed by atoms with van der Waals surface area (Å²) in [5.74, 6) is -2.77. The second-order valence-corrected chi connectivity index (χ2v) is 8.55. The number of nitrogens with zero attached hydrogens (tertiary/aromatic N) is 4. The lowest BCUT2D eigenvalue weighted by atomic mass is 9.85. The molecule has 31 heavy (non-hydrogen) atoms. The van der Waals surface area contributed by atoms with Crippen molar-refractivity contribution in [1.29, 1.82) is 0 Å². The number of alkyl halides is 3. The monoisotopic (exact) mass is 448 g/mol. The average molecular weight is 448 g/mol. The van der Waals surface area contributed by atoms with Crippen molar-refractivity contribution in [2.24, 2.45) is 5.41 Å². The van der Waals surface area contributed by atoms with Crippen molar-refractivity contribution in [3.63, 3.8) is 0 Å². The lowest BCUT2D eigenvalue weighted by Gasteiger charge is -2.34. The van der Waals surface area contributed by atoms with E-state index in [2.05, 4.69) is 15.6 Å². The quantitative estimate of drug-likeness (QED) is 0.568. The number of nitrogens with one attached hydrogen (secondary N) is 2. The molecule has 0 spiro atoms. The number of aliphatic hydroxyl groups is 1. The number of likely N-dealkylation sites (tertiary alicyclic amines) is 1. The molecule has 0 bridgehead atoms. The number of aliphatic hydroxyl groups excluding tert-OH is 1. The Bertz CT molecular complexity index is 820. The van der Waals surface area contributed by atoms with Crippen LogP contribution < -0.4 is 10.6 Å². The van der Waals surface area contributed by atoms with Gasteiger partial charge < -0.3 is 20.6 Å². The minimum atomic E-state index is -5.02. The van der Waals surface area contributed by atoms with Crippen LogP contribution in [0.5, 0.6) is 0 Å². The zero-order valence-corrected chi connectivity index (χ0v) is 17.7. The van der Waals surface area contributed by atoms with Crippen LogP contribution in [0.15, 0.2) is 6.20 Å². The molecule has 2 rings (SSSR count). The minimum Gasteiger partial charge on any atom is -0.391 e. The summed E-state index contributed by atoms with van der Waals surface area (Å²) in [5, 5.41) is 21.9. The van der Waals surface area contributed by atoms with E-state index in [1.807, 2.05) is 0 Å². The number of β-amino-alcohol motifs (C(OH)–C–C–N with tert-alkyl or cyclic N) is 1. The van der Waals surface area contributed by atoms with Crippen LogP contribution in [0.2, 0.25) is 0 Å². The predicted octanol–water partition coefficient (Wildman–Crippen LogP) is 0.142. The molecular formula is C18H27F3N6O4. The van der Waals surface area contributed by atoms with Crippen LogP contribution in [0.25, 0.3) is 0 Å². The average Bonchev–Trinajstić information content (AvgIpc) is 3.24. The number of aromatic nitrogens is 3. The summed E-state index contributed by atoms with van der Waals surface area (Å²) in [6.07, 6.45) is -4.21. The van der Waals surface area contributed by atoms with E-state index in [1.54, 1.807) is 26.1 Å². The number of carbonyl (C=O) groups excluding carboxylic acids is 3. The van der Waals surface area contributed by atoms with Gasteiger partial charge in [-0.15, -0.1) is 5.10 Å². The molecule has 3 atom stereocenters. The minimum absolute atomic E-state index is 0.0300. The van der Waals surface area contributed by atoms with Gasteiger partial charge in [0.2, 0.25) is 11.8 Å². The highest BCUT2D eigenvalue weighted by atomic mass is 19.4. The predicted molar refractivity (Wildman–Crippen MR) is 101 cm³/mol. The number of rotatable bonds is 6. The van der Waals surface area contributed by atoms with Gasteiger partial charge in [-0.3, -0.25) is 14.4 Å². The highest BCUT2D eigenvalue weighted by Gasteiger charge is 2.43. The van der Waals surface area contributed by atoms with Crippen molar-refractivity contribution >= 4 is 17.7 Å². The summed E-state index contributed by atoms with van der Waals surface area (Å²) in [4.78, 5) is 37.6. The molecule has 174 valence electrons. The van der Waals surface area contributed by atoms with E-state index >= 15 is 0 Å². The van der Waals surface area contributed by atoms with Gasteiger partial charge in [-0.1, -0.05) is 26.0 Å². The molecule has 0 aliphatic carbocycles. The Morgan fingerprint density at radius 1 is 1.29 bits per heavy atom. The third kappa shape index (κ3) is 6.15. The highest BCUT2D eigenvalue weighted by molar-refractivity contribution is 5.83. The van der Waals surface area contributed by atoms with Crippen molar-refractivity contribution in [3.05, 3.63) is 11.9 Å². The first kappa shape index (κ1) is 24.6. The van der Waals surface area contributed by atoms with Gasteiger partial charge in [-0.05, 0) is 11.8 Å². The molecule has 1 aliphatic rings. The summed E-state index contributed by atoms with van der Waals surface area (Å²) in [6.45, 7) is 4.88. The van der Waals surface area contributed by atoms with Crippen LogP contribution in [0.3, 0.4) is 0 Å². The zero-order chi connectivity index (χ0) is 23.6. The van der Waals surface area contributed by atoms with Gasteiger partial charge in [0.05, 0.1) is 18.8 Å². The maximum Gasteiger partial charge on any atom is 0.471 e. The van der Waals surface area contributed by atoms with Crippen LogP contribution >= 0.6 is 0 Å². The van der Waals surface area contributed by atoms with Crippen LogP contribution in [0.1, 0.15) is 45.3 Å². The number of hydrogen-bond donors (Lipinski definition) is 3. The SMILES string of the molecule is CNC(=O)C[C@@H]1C[C@@H](O)CN1C(=O)[C@@H](n1cc(CNC(=O)C(F)(F)F)nn1)C(C)(C)C. The standard InChI is InChI=1S/C18H27F3N6O4/c1-17(2,3)14(15(30)26-9-12(28)5-11(26)6-13(29)22-4)27-8-10(24-25-27)7-23-16(31)18(19,20)21/h8,11-12,14,28H,5-7,9H2,1-4H3,(H,22,29)(H,23,31)/t11-,12+,14+/m0/s1. The molecule has 0 unspecified atom stereocenters. The third-order valence-electron chi connectivity index (χ3n) is 4.94. The van der Waals surface area contributed by atoms with Crippen molar-refractivity contribution < 1.29 is 32.7 Å². The number of amides is 3. The first-order chi connectivity index (χ1) is 14.2. The van der Waals surface area contributed by atoms with Crippen molar-refractivity contribution in [2.75, 3.05) is 13.6 Å². The highest BCUT2D eigenvalue weighted by Crippen LogP contribution is 2.34. The molecule has 13 heteroatoms. The fourth-order valence-electron chi connectivity index (χ4n) is 3.50. The Hall–Kier alpha value is -2.70. The van der Waals surface area contributed by atoms with E-state index in [1.165, 1.54) is 22.8 Å². The molecule has 1 aromatic rings. The van der Waals surface area contributed by atoms with Gasteiger partial charge in [-0.25, -0.2) is 4.68 Å². The zero-order valence-electron chi connectivity index (χ0n) is 17.7.